The van der Waals surface area contributed by atoms with Gasteiger partial charge >= 0.3 is 5.97 Å². The van der Waals surface area contributed by atoms with Gasteiger partial charge < -0.3 is 15.9 Å². The first-order chi connectivity index (χ1) is 5.18. The Bertz CT molecular complexity index is 118. The number of aliphatic carboxylic acids is 1. The molecular weight excluding hydrogens is 148 g/mol. The smallest absolute Gasteiger partial charge is 0.320 e. The van der Waals surface area contributed by atoms with Crippen LogP contribution in [-0.4, -0.2) is 35.5 Å². The normalized spacial score (nSPS) is 12.9. The van der Waals surface area contributed by atoms with Crippen molar-refractivity contribution in [2.24, 2.45) is 5.73 Å². The minimum atomic E-state index is -0.978. The van der Waals surface area contributed by atoms with E-state index < -0.39 is 12.0 Å². The molecule has 0 saturated carbocycles. The zero-order chi connectivity index (χ0) is 8.69. The van der Waals surface area contributed by atoms with Crippen molar-refractivity contribution in [3.8, 4) is 0 Å². The highest BCUT2D eigenvalue weighted by Gasteiger charge is 2.09. The summed E-state index contributed by atoms with van der Waals surface area (Å²) < 4.78 is 0. The lowest BCUT2D eigenvalue weighted by molar-refractivity contribution is -0.138. The maximum absolute atomic E-state index is 10.2. The highest BCUT2D eigenvalue weighted by Crippen LogP contribution is 1.92. The first-order valence-corrected chi connectivity index (χ1v) is 3.48. The molecular formula is C6H14N2O3. The van der Waals surface area contributed by atoms with E-state index in [2.05, 4.69) is 5.32 Å². The second-order valence-electron chi connectivity index (χ2n) is 2.25. The molecule has 0 rings (SSSR count). The number of hydrogen-bond acceptors (Lipinski definition) is 4. The largest absolute Gasteiger partial charge is 0.480 e. The number of aliphatic hydroxyl groups excluding tert-OH is 1. The van der Waals surface area contributed by atoms with E-state index in [4.69, 9.17) is 15.9 Å². The third kappa shape index (κ3) is 5.78. The molecule has 0 aliphatic rings. The molecule has 0 fully saturated rings. The molecule has 5 heteroatoms. The second-order valence-corrected chi connectivity index (χ2v) is 2.25. The zero-order valence-electron chi connectivity index (χ0n) is 6.29. The van der Waals surface area contributed by atoms with Gasteiger partial charge in [-0.15, -0.1) is 0 Å². The zero-order valence-corrected chi connectivity index (χ0v) is 6.29. The van der Waals surface area contributed by atoms with Crippen LogP contribution in [0.1, 0.15) is 12.8 Å². The molecule has 1 atom stereocenters. The molecule has 0 aromatic heterocycles. The average molecular weight is 162 g/mol. The molecule has 0 aromatic rings. The van der Waals surface area contributed by atoms with Crippen LogP contribution in [0.15, 0.2) is 0 Å². The van der Waals surface area contributed by atoms with Crippen molar-refractivity contribution in [1.29, 1.82) is 0 Å². The fraction of sp³-hybridized carbons (Fsp3) is 0.833. The van der Waals surface area contributed by atoms with Crippen molar-refractivity contribution < 1.29 is 15.0 Å². The highest BCUT2D eigenvalue weighted by molar-refractivity contribution is 5.72. The fourth-order valence-corrected chi connectivity index (χ4v) is 0.650. The second kappa shape index (κ2) is 6.09. The van der Waals surface area contributed by atoms with Crippen LogP contribution in [0.3, 0.4) is 0 Å². The summed E-state index contributed by atoms with van der Waals surface area (Å²) in [6.45, 7) is 0.514. The van der Waals surface area contributed by atoms with E-state index in [-0.39, 0.29) is 6.73 Å². The molecule has 5 N–H and O–H groups in total. The van der Waals surface area contributed by atoms with Crippen molar-refractivity contribution in [3.63, 3.8) is 0 Å². The molecule has 0 saturated heterocycles. The molecule has 66 valence electrons. The number of carbonyl (C=O) groups is 1. The van der Waals surface area contributed by atoms with Crippen LogP contribution in [0.25, 0.3) is 0 Å². The molecule has 0 amide bonds. The van der Waals surface area contributed by atoms with Gasteiger partial charge in [0.15, 0.2) is 0 Å². The predicted octanol–water partition coefficient (Wildman–Crippen LogP) is -1.28. The van der Waals surface area contributed by atoms with Gasteiger partial charge in [0.05, 0.1) is 6.73 Å². The standard InChI is InChI=1S/C6H14N2O3/c7-5(6(10)11)2-1-3-8-4-9/h5,8-9H,1-4,7H2,(H,10,11)/t5-/m0/s1. The fourth-order valence-electron chi connectivity index (χ4n) is 0.650. The summed E-state index contributed by atoms with van der Waals surface area (Å²) in [6.07, 6.45) is 1.09. The number of aliphatic hydroxyl groups is 1. The van der Waals surface area contributed by atoms with Gasteiger partial charge in [-0.1, -0.05) is 0 Å². The Kier molecular flexibility index (Phi) is 5.73. The molecule has 5 nitrogen and oxygen atoms in total. The number of hydrogen-bond donors (Lipinski definition) is 4. The van der Waals surface area contributed by atoms with Crippen LogP contribution >= 0.6 is 0 Å². The van der Waals surface area contributed by atoms with Gasteiger partial charge in [-0.25, -0.2) is 0 Å². The van der Waals surface area contributed by atoms with Gasteiger partial charge in [0.2, 0.25) is 0 Å². The van der Waals surface area contributed by atoms with Gasteiger partial charge in [-0.3, -0.25) is 10.1 Å². The third-order valence-electron chi connectivity index (χ3n) is 1.30. The Hall–Kier alpha value is -0.650. The summed E-state index contributed by atoms with van der Waals surface area (Å²) in [5.74, 6) is -0.978. The quantitative estimate of drug-likeness (QED) is 0.288. The average Bonchev–Trinajstić information content (AvgIpc) is 1.97. The molecule has 0 heterocycles. The van der Waals surface area contributed by atoms with E-state index in [1.807, 2.05) is 0 Å². The van der Waals surface area contributed by atoms with Gasteiger partial charge in [0.25, 0.3) is 0 Å². The van der Waals surface area contributed by atoms with E-state index in [1.54, 1.807) is 0 Å². The first-order valence-electron chi connectivity index (χ1n) is 3.48. The van der Waals surface area contributed by atoms with Crippen LogP contribution in [0, 0.1) is 0 Å². The van der Waals surface area contributed by atoms with E-state index in [0.717, 1.165) is 0 Å². The predicted molar refractivity (Wildman–Crippen MR) is 39.9 cm³/mol. The number of carboxylic acid groups (broad SMARTS) is 1. The van der Waals surface area contributed by atoms with E-state index in [1.165, 1.54) is 0 Å². The van der Waals surface area contributed by atoms with Crippen LogP contribution in [0.2, 0.25) is 0 Å². The molecule has 0 aromatic carbocycles. The Morgan fingerprint density at radius 2 is 2.27 bits per heavy atom. The van der Waals surface area contributed by atoms with Crippen molar-refractivity contribution >= 4 is 5.97 Å². The summed E-state index contributed by atoms with van der Waals surface area (Å²) in [5, 5.41) is 19.3. The molecule has 0 aliphatic heterocycles. The van der Waals surface area contributed by atoms with Crippen LogP contribution < -0.4 is 11.1 Å². The minimum Gasteiger partial charge on any atom is -0.480 e. The molecule has 0 unspecified atom stereocenters. The molecule has 0 bridgehead atoms. The van der Waals surface area contributed by atoms with Crippen LogP contribution in [0.5, 0.6) is 0 Å². The Labute approximate surface area is 65.2 Å². The SMILES string of the molecule is N[C@@H](CCCNCO)C(=O)O. The van der Waals surface area contributed by atoms with E-state index >= 15 is 0 Å². The van der Waals surface area contributed by atoms with Crippen LogP contribution in [0.4, 0.5) is 0 Å². The van der Waals surface area contributed by atoms with Crippen molar-refractivity contribution in [2.45, 2.75) is 18.9 Å². The Morgan fingerprint density at radius 1 is 1.64 bits per heavy atom. The summed E-state index contributed by atoms with van der Waals surface area (Å²) in [7, 11) is 0. The van der Waals surface area contributed by atoms with Crippen molar-refractivity contribution in [2.75, 3.05) is 13.3 Å². The van der Waals surface area contributed by atoms with Crippen molar-refractivity contribution in [1.82, 2.24) is 5.32 Å². The summed E-state index contributed by atoms with van der Waals surface area (Å²) in [4.78, 5) is 10.2. The number of nitrogens with one attached hydrogen (secondary N) is 1. The maximum Gasteiger partial charge on any atom is 0.320 e. The first kappa shape index (κ1) is 10.3. The van der Waals surface area contributed by atoms with Crippen LogP contribution in [-0.2, 0) is 4.79 Å². The van der Waals surface area contributed by atoms with E-state index in [9.17, 15) is 4.79 Å². The summed E-state index contributed by atoms with van der Waals surface area (Å²) in [6, 6.07) is -0.782. The number of nitrogens with two attached hydrogens (primary N) is 1. The molecule has 11 heavy (non-hydrogen) atoms. The lowest BCUT2D eigenvalue weighted by atomic mass is 10.2. The van der Waals surface area contributed by atoms with Gasteiger partial charge in [-0.05, 0) is 19.4 Å². The topological polar surface area (TPSA) is 95.6 Å². The highest BCUT2D eigenvalue weighted by atomic mass is 16.4. The Morgan fingerprint density at radius 3 is 2.73 bits per heavy atom. The molecule has 0 spiro atoms. The lowest BCUT2D eigenvalue weighted by Crippen LogP contribution is -2.31. The molecule has 0 radical (unpaired) electrons. The lowest BCUT2D eigenvalue weighted by Gasteiger charge is -2.05. The Balaban J connectivity index is 3.17. The third-order valence-corrected chi connectivity index (χ3v) is 1.30. The molecule has 0 aliphatic carbocycles. The summed E-state index contributed by atoms with van der Waals surface area (Å²) in [5.41, 5.74) is 5.21. The monoisotopic (exact) mass is 162 g/mol. The number of carboxylic acids is 1. The van der Waals surface area contributed by atoms with Gasteiger partial charge in [0.1, 0.15) is 6.04 Å². The van der Waals surface area contributed by atoms with Gasteiger partial charge in [-0.2, -0.15) is 0 Å². The maximum atomic E-state index is 10.2. The number of rotatable bonds is 6. The minimum absolute atomic E-state index is 0.0810. The van der Waals surface area contributed by atoms with Crippen molar-refractivity contribution in [3.05, 3.63) is 0 Å². The van der Waals surface area contributed by atoms with E-state index in [0.29, 0.717) is 19.4 Å². The van der Waals surface area contributed by atoms with Gasteiger partial charge in [0, 0.05) is 0 Å². The summed E-state index contributed by atoms with van der Waals surface area (Å²) >= 11 is 0.